The summed E-state index contributed by atoms with van der Waals surface area (Å²) in [6.45, 7) is 6.76. The zero-order valence-electron chi connectivity index (χ0n) is 10.7. The van der Waals surface area contributed by atoms with Crippen LogP contribution in [0, 0.1) is 11.8 Å². The third kappa shape index (κ3) is 3.31. The number of hydrogen-bond acceptors (Lipinski definition) is 2. The van der Waals surface area contributed by atoms with Crippen LogP contribution < -0.4 is 0 Å². The lowest BCUT2D eigenvalue weighted by Crippen LogP contribution is -2.40. The molecule has 0 aromatic carbocycles. The summed E-state index contributed by atoms with van der Waals surface area (Å²) in [5.74, 6) is 1.80. The molecule has 0 aromatic rings. The molecule has 0 N–H and O–H groups in total. The maximum absolute atomic E-state index is 11.8. The summed E-state index contributed by atoms with van der Waals surface area (Å²) in [7, 11) is 0. The fourth-order valence-electron chi connectivity index (χ4n) is 2.66. The number of carbonyl (C=O) groups is 1. The number of carbonyl (C=O) groups excluding carboxylic acids is 1. The summed E-state index contributed by atoms with van der Waals surface area (Å²) in [6, 6.07) is 0.593. The van der Waals surface area contributed by atoms with Crippen LogP contribution >= 0.6 is 0 Å². The predicted octanol–water partition coefficient (Wildman–Crippen LogP) is 2.87. The van der Waals surface area contributed by atoms with Gasteiger partial charge < -0.3 is 0 Å². The summed E-state index contributed by atoms with van der Waals surface area (Å²) in [5.41, 5.74) is 0. The number of ketones is 1. The molecule has 0 heterocycles. The highest BCUT2D eigenvalue weighted by molar-refractivity contribution is 5.81. The molecule has 0 spiro atoms. The normalized spacial score (nSPS) is 26.8. The minimum atomic E-state index is 0.342. The van der Waals surface area contributed by atoms with Crippen molar-refractivity contribution in [3.8, 4) is 0 Å². The summed E-state index contributed by atoms with van der Waals surface area (Å²) in [5, 5.41) is 0. The molecule has 1 atom stereocenters. The number of rotatable bonds is 5. The van der Waals surface area contributed by atoms with Crippen molar-refractivity contribution >= 4 is 5.78 Å². The maximum atomic E-state index is 11.8. The Kier molecular flexibility index (Phi) is 4.01. The molecule has 0 saturated heterocycles. The number of hydrogen-bond donors (Lipinski definition) is 0. The zero-order chi connectivity index (χ0) is 11.5. The Morgan fingerprint density at radius 1 is 1.19 bits per heavy atom. The van der Waals surface area contributed by atoms with Gasteiger partial charge in [-0.2, -0.15) is 0 Å². The Morgan fingerprint density at radius 3 is 2.50 bits per heavy atom. The molecule has 0 aromatic heterocycles. The van der Waals surface area contributed by atoms with Crippen LogP contribution in [0.4, 0.5) is 0 Å². The third-order valence-corrected chi connectivity index (χ3v) is 4.06. The maximum Gasteiger partial charge on any atom is 0.137 e. The van der Waals surface area contributed by atoms with Crippen LogP contribution in [0.5, 0.6) is 0 Å². The van der Waals surface area contributed by atoms with Crippen molar-refractivity contribution in [2.45, 2.75) is 58.4 Å². The van der Waals surface area contributed by atoms with Gasteiger partial charge in [-0.25, -0.2) is 0 Å². The van der Waals surface area contributed by atoms with E-state index in [1.165, 1.54) is 25.8 Å². The summed E-state index contributed by atoms with van der Waals surface area (Å²) < 4.78 is 0. The van der Waals surface area contributed by atoms with Crippen molar-refractivity contribution in [3.05, 3.63) is 0 Å². The third-order valence-electron chi connectivity index (χ3n) is 4.06. The largest absolute Gasteiger partial charge is 0.300 e. The van der Waals surface area contributed by atoms with E-state index in [4.69, 9.17) is 0 Å². The van der Waals surface area contributed by atoms with Gasteiger partial charge in [-0.3, -0.25) is 9.69 Å². The van der Waals surface area contributed by atoms with Crippen molar-refractivity contribution in [1.82, 2.24) is 4.90 Å². The molecule has 2 fully saturated rings. The van der Waals surface area contributed by atoms with E-state index < -0.39 is 0 Å². The first kappa shape index (κ1) is 12.1. The van der Waals surface area contributed by atoms with E-state index >= 15 is 0 Å². The van der Waals surface area contributed by atoms with Gasteiger partial charge >= 0.3 is 0 Å². The highest BCUT2D eigenvalue weighted by Gasteiger charge is 2.29. The fourth-order valence-corrected chi connectivity index (χ4v) is 2.66. The second kappa shape index (κ2) is 5.31. The molecular formula is C14H25NO. The number of Topliss-reactive ketones (excluding diaryl/α,β-unsaturated/α-hetero) is 1. The molecule has 2 nitrogen and oxygen atoms in total. The topological polar surface area (TPSA) is 20.3 Å². The average Bonchev–Trinajstić information content (AvgIpc) is 3.04. The van der Waals surface area contributed by atoms with Gasteiger partial charge in [-0.15, -0.1) is 0 Å². The quantitative estimate of drug-likeness (QED) is 0.714. The monoisotopic (exact) mass is 223 g/mol. The Labute approximate surface area is 99.4 Å². The molecule has 1 unspecified atom stereocenters. The lowest BCUT2D eigenvalue weighted by Gasteiger charge is -2.31. The molecule has 2 rings (SSSR count). The van der Waals surface area contributed by atoms with Crippen LogP contribution in [0.1, 0.15) is 52.4 Å². The van der Waals surface area contributed by atoms with Gasteiger partial charge in [-0.05, 0) is 45.4 Å². The molecule has 2 heteroatoms. The second-order valence-electron chi connectivity index (χ2n) is 5.90. The molecule has 0 amide bonds. The molecule has 0 aliphatic heterocycles. The summed E-state index contributed by atoms with van der Waals surface area (Å²) in [6.07, 6.45) is 7.15. The SMILES string of the molecule is CC(C)N(CC1CC1)CC1CCCCC1=O. The van der Waals surface area contributed by atoms with Crippen molar-refractivity contribution in [2.24, 2.45) is 11.8 Å². The lowest BCUT2D eigenvalue weighted by atomic mass is 9.87. The predicted molar refractivity (Wildman–Crippen MR) is 66.4 cm³/mol. The van der Waals surface area contributed by atoms with Crippen molar-refractivity contribution in [3.63, 3.8) is 0 Å². The van der Waals surface area contributed by atoms with Crippen LogP contribution in [0.15, 0.2) is 0 Å². The van der Waals surface area contributed by atoms with E-state index in [0.29, 0.717) is 17.7 Å². The standard InChI is InChI=1S/C14H25NO/c1-11(2)15(9-12-7-8-12)10-13-5-3-4-6-14(13)16/h11-13H,3-10H2,1-2H3. The highest BCUT2D eigenvalue weighted by Crippen LogP contribution is 2.31. The Hall–Kier alpha value is -0.370. The summed E-state index contributed by atoms with van der Waals surface area (Å²) in [4.78, 5) is 14.4. The zero-order valence-corrected chi connectivity index (χ0v) is 10.7. The fraction of sp³-hybridized carbons (Fsp3) is 0.929. The minimum Gasteiger partial charge on any atom is -0.300 e. The first-order valence-electron chi connectivity index (χ1n) is 6.93. The van der Waals surface area contributed by atoms with E-state index in [2.05, 4.69) is 18.7 Å². The Morgan fingerprint density at radius 2 is 1.94 bits per heavy atom. The van der Waals surface area contributed by atoms with Crippen molar-refractivity contribution in [1.29, 1.82) is 0 Å². The van der Waals surface area contributed by atoms with Crippen LogP contribution in [0.25, 0.3) is 0 Å². The first-order valence-corrected chi connectivity index (χ1v) is 6.93. The average molecular weight is 223 g/mol. The Balaban J connectivity index is 1.85. The van der Waals surface area contributed by atoms with E-state index in [0.717, 1.165) is 31.7 Å². The highest BCUT2D eigenvalue weighted by atomic mass is 16.1. The molecule has 2 saturated carbocycles. The molecule has 16 heavy (non-hydrogen) atoms. The van der Waals surface area contributed by atoms with Gasteiger partial charge in [0.15, 0.2) is 0 Å². The minimum absolute atomic E-state index is 0.342. The molecule has 92 valence electrons. The van der Waals surface area contributed by atoms with Crippen molar-refractivity contribution < 1.29 is 4.79 Å². The molecule has 2 aliphatic rings. The van der Waals surface area contributed by atoms with Gasteiger partial charge in [-0.1, -0.05) is 6.42 Å². The van der Waals surface area contributed by atoms with Gasteiger partial charge in [0, 0.05) is 31.5 Å². The van der Waals surface area contributed by atoms with E-state index in [1.54, 1.807) is 0 Å². The molecule has 0 radical (unpaired) electrons. The molecule has 0 bridgehead atoms. The van der Waals surface area contributed by atoms with E-state index in [1.807, 2.05) is 0 Å². The summed E-state index contributed by atoms with van der Waals surface area (Å²) >= 11 is 0. The van der Waals surface area contributed by atoms with Crippen LogP contribution in [-0.2, 0) is 4.79 Å². The van der Waals surface area contributed by atoms with Crippen LogP contribution in [-0.4, -0.2) is 29.8 Å². The molecule has 2 aliphatic carbocycles. The second-order valence-corrected chi connectivity index (χ2v) is 5.90. The van der Waals surface area contributed by atoms with E-state index in [9.17, 15) is 4.79 Å². The first-order chi connectivity index (χ1) is 7.66. The number of nitrogens with zero attached hydrogens (tertiary/aromatic N) is 1. The molecular weight excluding hydrogens is 198 g/mol. The van der Waals surface area contributed by atoms with Gasteiger partial charge in [0.2, 0.25) is 0 Å². The van der Waals surface area contributed by atoms with E-state index in [-0.39, 0.29) is 0 Å². The van der Waals surface area contributed by atoms with Gasteiger partial charge in [0.05, 0.1) is 0 Å². The van der Waals surface area contributed by atoms with Gasteiger partial charge in [0.1, 0.15) is 5.78 Å². The van der Waals surface area contributed by atoms with Crippen LogP contribution in [0.2, 0.25) is 0 Å². The van der Waals surface area contributed by atoms with Crippen molar-refractivity contribution in [2.75, 3.05) is 13.1 Å². The van der Waals surface area contributed by atoms with Gasteiger partial charge in [0.25, 0.3) is 0 Å². The smallest absolute Gasteiger partial charge is 0.137 e. The lowest BCUT2D eigenvalue weighted by molar-refractivity contribution is -0.125. The Bertz CT molecular complexity index is 245. The van der Waals surface area contributed by atoms with Crippen LogP contribution in [0.3, 0.4) is 0 Å².